The molecule has 0 aliphatic carbocycles. The molecule has 0 aromatic carbocycles. The molecule has 0 spiro atoms. The molecule has 1 aliphatic rings. The fourth-order valence-electron chi connectivity index (χ4n) is 1.62. The Labute approximate surface area is 96.3 Å². The summed E-state index contributed by atoms with van der Waals surface area (Å²) in [6, 6.07) is -0.395. The number of hydrogen-bond acceptors (Lipinski definition) is 4. The number of hydrogen-bond donors (Lipinski definition) is 0. The first kappa shape index (κ1) is 13.0. The van der Waals surface area contributed by atoms with Crippen molar-refractivity contribution in [2.24, 2.45) is 0 Å². The molecule has 92 valence electrons. The van der Waals surface area contributed by atoms with E-state index >= 15 is 0 Å². The summed E-state index contributed by atoms with van der Waals surface area (Å²) in [6.07, 6.45) is 0.400. The molecule has 0 N–H and O–H groups in total. The summed E-state index contributed by atoms with van der Waals surface area (Å²) in [5, 5.41) is 0. The van der Waals surface area contributed by atoms with E-state index in [2.05, 4.69) is 0 Å². The molecule has 0 bridgehead atoms. The molecule has 16 heavy (non-hydrogen) atoms. The van der Waals surface area contributed by atoms with Gasteiger partial charge < -0.3 is 14.4 Å². The van der Waals surface area contributed by atoms with E-state index in [0.29, 0.717) is 13.1 Å². The Bertz CT molecular complexity index is 273. The maximum absolute atomic E-state index is 11.8. The number of amides is 1. The molecule has 1 unspecified atom stereocenters. The lowest BCUT2D eigenvalue weighted by Crippen LogP contribution is -2.55. The number of aldehydes is 1. The van der Waals surface area contributed by atoms with Crippen LogP contribution in [0.2, 0.25) is 0 Å². The fourth-order valence-corrected chi connectivity index (χ4v) is 1.62. The zero-order chi connectivity index (χ0) is 12.3. The molecule has 0 aromatic heterocycles. The van der Waals surface area contributed by atoms with E-state index in [4.69, 9.17) is 4.74 Å². The van der Waals surface area contributed by atoms with Crippen LogP contribution in [0.3, 0.4) is 0 Å². The van der Waals surface area contributed by atoms with Crippen LogP contribution in [0, 0.1) is 0 Å². The van der Waals surface area contributed by atoms with Crippen molar-refractivity contribution >= 4 is 12.4 Å². The quantitative estimate of drug-likeness (QED) is 0.621. The van der Waals surface area contributed by atoms with Gasteiger partial charge in [-0.3, -0.25) is 4.90 Å². The average Bonchev–Trinajstić information content (AvgIpc) is 2.14. The highest BCUT2D eigenvalue weighted by Crippen LogP contribution is 2.14. The minimum Gasteiger partial charge on any atom is -0.444 e. The molecule has 1 amide bonds. The van der Waals surface area contributed by atoms with E-state index in [9.17, 15) is 9.59 Å². The van der Waals surface area contributed by atoms with Crippen LogP contribution in [0.4, 0.5) is 4.79 Å². The Hall–Kier alpha value is -1.10. The Balaban J connectivity index is 2.64. The normalized spacial score (nSPS) is 23.0. The van der Waals surface area contributed by atoms with Crippen molar-refractivity contribution in [3.63, 3.8) is 0 Å². The van der Waals surface area contributed by atoms with Crippen LogP contribution < -0.4 is 0 Å². The molecule has 1 saturated heterocycles. The summed E-state index contributed by atoms with van der Waals surface area (Å²) in [7, 11) is 1.93. The van der Waals surface area contributed by atoms with Crippen LogP contribution in [-0.4, -0.2) is 60.5 Å². The van der Waals surface area contributed by atoms with Crippen molar-refractivity contribution in [1.29, 1.82) is 0 Å². The summed E-state index contributed by atoms with van der Waals surface area (Å²) in [5.74, 6) is 0. The maximum Gasteiger partial charge on any atom is 0.410 e. The van der Waals surface area contributed by atoms with Gasteiger partial charge in [-0.25, -0.2) is 4.79 Å². The first-order valence-electron chi connectivity index (χ1n) is 5.47. The highest BCUT2D eigenvalue weighted by Gasteiger charge is 2.31. The lowest BCUT2D eigenvalue weighted by atomic mass is 10.2. The zero-order valence-corrected chi connectivity index (χ0v) is 10.4. The van der Waals surface area contributed by atoms with Gasteiger partial charge >= 0.3 is 6.09 Å². The Kier molecular flexibility index (Phi) is 3.91. The number of ether oxygens (including phenoxy) is 1. The molecule has 5 nitrogen and oxygen atoms in total. The predicted octanol–water partition coefficient (Wildman–Crippen LogP) is 0.736. The lowest BCUT2D eigenvalue weighted by molar-refractivity contribution is -0.114. The molecule has 1 rings (SSSR count). The van der Waals surface area contributed by atoms with Gasteiger partial charge in [-0.05, 0) is 27.8 Å². The van der Waals surface area contributed by atoms with Crippen LogP contribution in [0.25, 0.3) is 0 Å². The summed E-state index contributed by atoms with van der Waals surface area (Å²) in [5.41, 5.74) is -0.520. The summed E-state index contributed by atoms with van der Waals surface area (Å²) in [6.45, 7) is 7.33. The summed E-state index contributed by atoms with van der Waals surface area (Å²) in [4.78, 5) is 26.3. The third-order valence-corrected chi connectivity index (χ3v) is 2.41. The van der Waals surface area contributed by atoms with Crippen molar-refractivity contribution in [2.45, 2.75) is 32.4 Å². The van der Waals surface area contributed by atoms with Crippen molar-refractivity contribution in [1.82, 2.24) is 9.80 Å². The summed E-state index contributed by atoms with van der Waals surface area (Å²) >= 11 is 0. The lowest BCUT2D eigenvalue weighted by Gasteiger charge is -2.37. The van der Waals surface area contributed by atoms with Gasteiger partial charge in [0.05, 0.1) is 0 Å². The molecule has 0 aromatic rings. The largest absolute Gasteiger partial charge is 0.444 e. The number of rotatable bonds is 1. The number of carbonyl (C=O) groups excluding carboxylic acids is 2. The number of nitrogens with zero attached hydrogens (tertiary/aromatic N) is 2. The van der Waals surface area contributed by atoms with Crippen LogP contribution in [0.1, 0.15) is 20.8 Å². The first-order chi connectivity index (χ1) is 7.33. The second-order valence-corrected chi connectivity index (χ2v) is 5.14. The highest BCUT2D eigenvalue weighted by atomic mass is 16.6. The molecule has 1 fully saturated rings. The van der Waals surface area contributed by atoms with E-state index in [-0.39, 0.29) is 0 Å². The monoisotopic (exact) mass is 228 g/mol. The zero-order valence-electron chi connectivity index (χ0n) is 10.4. The minimum atomic E-state index is -0.520. The smallest absolute Gasteiger partial charge is 0.410 e. The van der Waals surface area contributed by atoms with Crippen molar-refractivity contribution in [2.75, 3.05) is 26.7 Å². The van der Waals surface area contributed by atoms with Gasteiger partial charge in [-0.15, -0.1) is 0 Å². The first-order valence-corrected chi connectivity index (χ1v) is 5.47. The molecule has 0 radical (unpaired) electrons. The van der Waals surface area contributed by atoms with Gasteiger partial charge in [0.1, 0.15) is 17.9 Å². The van der Waals surface area contributed by atoms with Gasteiger partial charge in [0.15, 0.2) is 0 Å². The van der Waals surface area contributed by atoms with Crippen LogP contribution >= 0.6 is 0 Å². The van der Waals surface area contributed by atoms with Crippen molar-refractivity contribution in [3.8, 4) is 0 Å². The molecular weight excluding hydrogens is 208 g/mol. The second kappa shape index (κ2) is 4.82. The van der Waals surface area contributed by atoms with E-state index in [1.54, 1.807) is 0 Å². The molecule has 0 saturated carbocycles. The van der Waals surface area contributed by atoms with E-state index < -0.39 is 17.7 Å². The SMILES string of the molecule is CN1CCN(C(=O)OC(C)(C)C)C(C=O)C1. The Morgan fingerprint density at radius 1 is 1.38 bits per heavy atom. The van der Waals surface area contributed by atoms with Gasteiger partial charge in [0.25, 0.3) is 0 Å². The van der Waals surface area contributed by atoms with Gasteiger partial charge in [-0.2, -0.15) is 0 Å². The molecular formula is C11H20N2O3. The van der Waals surface area contributed by atoms with Gasteiger partial charge in [-0.1, -0.05) is 0 Å². The third-order valence-electron chi connectivity index (χ3n) is 2.41. The molecule has 1 atom stereocenters. The maximum atomic E-state index is 11.8. The van der Waals surface area contributed by atoms with Crippen LogP contribution in [-0.2, 0) is 9.53 Å². The molecule has 5 heteroatoms. The predicted molar refractivity (Wildman–Crippen MR) is 60.3 cm³/mol. The number of piperazine rings is 1. The van der Waals surface area contributed by atoms with Crippen LogP contribution in [0.15, 0.2) is 0 Å². The highest BCUT2D eigenvalue weighted by molar-refractivity contribution is 5.74. The third kappa shape index (κ3) is 3.48. The second-order valence-electron chi connectivity index (χ2n) is 5.14. The van der Waals surface area contributed by atoms with E-state index in [1.807, 2.05) is 32.7 Å². The summed E-state index contributed by atoms with van der Waals surface area (Å²) < 4.78 is 5.25. The number of likely N-dealkylation sites (N-methyl/N-ethyl adjacent to an activating group) is 1. The van der Waals surface area contributed by atoms with Crippen molar-refractivity contribution < 1.29 is 14.3 Å². The molecule has 1 heterocycles. The van der Waals surface area contributed by atoms with E-state index in [1.165, 1.54) is 4.90 Å². The van der Waals surface area contributed by atoms with Gasteiger partial charge in [0.2, 0.25) is 0 Å². The van der Waals surface area contributed by atoms with Crippen molar-refractivity contribution in [3.05, 3.63) is 0 Å². The topological polar surface area (TPSA) is 49.9 Å². The van der Waals surface area contributed by atoms with E-state index in [0.717, 1.165) is 12.8 Å². The standard InChI is InChI=1S/C11H20N2O3/c1-11(2,3)16-10(15)13-6-5-12(4)7-9(13)8-14/h8-9H,5-7H2,1-4H3. The fraction of sp³-hybridized carbons (Fsp3) is 0.818. The minimum absolute atomic E-state index is 0.395. The molecule has 1 aliphatic heterocycles. The number of carbonyl (C=O) groups is 2. The average molecular weight is 228 g/mol. The van der Waals surface area contributed by atoms with Crippen LogP contribution in [0.5, 0.6) is 0 Å². The Morgan fingerprint density at radius 2 is 2.00 bits per heavy atom. The van der Waals surface area contributed by atoms with Gasteiger partial charge in [0, 0.05) is 19.6 Å². The Morgan fingerprint density at radius 3 is 2.50 bits per heavy atom.